The van der Waals surface area contributed by atoms with E-state index in [4.69, 9.17) is 0 Å². The minimum absolute atomic E-state index is 0.0164. The predicted molar refractivity (Wildman–Crippen MR) is 134 cm³/mol. The molecule has 0 saturated heterocycles. The summed E-state index contributed by atoms with van der Waals surface area (Å²) in [7, 11) is 0. The van der Waals surface area contributed by atoms with Gasteiger partial charge in [0.05, 0.1) is 18.8 Å². The molecule has 3 N–H and O–H groups in total. The normalized spacial score (nSPS) is 55.8. The number of aliphatic hydroxyl groups is 3. The van der Waals surface area contributed by atoms with Gasteiger partial charge >= 0.3 is 0 Å². The minimum atomic E-state index is -0.378. The van der Waals surface area contributed by atoms with Gasteiger partial charge in [0.15, 0.2) is 0 Å². The summed E-state index contributed by atoms with van der Waals surface area (Å²) in [5.41, 5.74) is 2.15. The van der Waals surface area contributed by atoms with Crippen molar-refractivity contribution in [2.45, 2.75) is 118 Å². The molecule has 3 nitrogen and oxygen atoms in total. The number of hydrogen-bond donors (Lipinski definition) is 3. The van der Waals surface area contributed by atoms with Gasteiger partial charge in [-0.15, -0.1) is 0 Å². The molecule has 10 atom stereocenters. The topological polar surface area (TPSA) is 60.7 Å². The van der Waals surface area contributed by atoms with Crippen LogP contribution in [0.15, 0.2) is 11.6 Å². The molecular formula is C30H50O3. The summed E-state index contributed by atoms with van der Waals surface area (Å²) in [6.07, 6.45) is 13.3. The highest BCUT2D eigenvalue weighted by molar-refractivity contribution is 5.25. The third-order valence-electron chi connectivity index (χ3n) is 13.0. The van der Waals surface area contributed by atoms with Crippen LogP contribution < -0.4 is 0 Å². The van der Waals surface area contributed by atoms with Gasteiger partial charge in [-0.1, -0.05) is 53.2 Å². The van der Waals surface area contributed by atoms with Gasteiger partial charge < -0.3 is 15.3 Å². The molecule has 4 unspecified atom stereocenters. The van der Waals surface area contributed by atoms with Crippen molar-refractivity contribution in [3.63, 3.8) is 0 Å². The molecule has 0 aliphatic heterocycles. The number of fused-ring (bicyclic) bond motifs is 6. The molecule has 5 aliphatic carbocycles. The van der Waals surface area contributed by atoms with Crippen molar-refractivity contribution in [3.05, 3.63) is 11.6 Å². The first-order valence-electron chi connectivity index (χ1n) is 14.0. The molecule has 5 rings (SSSR count). The highest BCUT2D eigenvalue weighted by atomic mass is 16.3. The van der Waals surface area contributed by atoms with Gasteiger partial charge in [0.1, 0.15) is 0 Å². The van der Waals surface area contributed by atoms with E-state index in [-0.39, 0.29) is 35.1 Å². The van der Waals surface area contributed by atoms with Crippen molar-refractivity contribution in [1.29, 1.82) is 0 Å². The van der Waals surface area contributed by atoms with Crippen molar-refractivity contribution >= 4 is 0 Å². The van der Waals surface area contributed by atoms with Gasteiger partial charge in [-0.25, -0.2) is 0 Å². The van der Waals surface area contributed by atoms with E-state index in [2.05, 4.69) is 47.6 Å². The van der Waals surface area contributed by atoms with E-state index in [0.29, 0.717) is 34.5 Å². The van der Waals surface area contributed by atoms with E-state index in [9.17, 15) is 15.3 Å². The largest absolute Gasteiger partial charge is 0.396 e. The van der Waals surface area contributed by atoms with Crippen LogP contribution in [0.2, 0.25) is 0 Å². The highest BCUT2D eigenvalue weighted by Gasteiger charge is 2.63. The average Bonchev–Trinajstić information content (AvgIpc) is 2.91. The Bertz CT molecular complexity index is 817. The first-order chi connectivity index (χ1) is 15.3. The zero-order valence-corrected chi connectivity index (χ0v) is 22.2. The Labute approximate surface area is 202 Å². The lowest BCUT2D eigenvalue weighted by molar-refractivity contribution is -0.189. The molecule has 0 aromatic heterocycles. The van der Waals surface area contributed by atoms with E-state index in [0.717, 1.165) is 38.5 Å². The Hall–Kier alpha value is -0.380. The standard InChI is InChI=1S/C30H50O3/c1-26(2)21-9-7-19-17-27(3)14-11-23-29(5,16-13-25(33)30(23,6)18-31)22(27)10-8-20(19)28(21,4)15-12-24(26)32/h7,20-25,31-33H,8-18H2,1-6H3/t20-,21-,22?,23?,24?,25-,27-,28?,29+,30+/m0/s1. The predicted octanol–water partition coefficient (Wildman–Crippen LogP) is 6.11. The first-order valence-corrected chi connectivity index (χ1v) is 14.0. The van der Waals surface area contributed by atoms with E-state index in [1.165, 1.54) is 25.7 Å². The highest BCUT2D eigenvalue weighted by Crippen LogP contribution is 2.70. The molecule has 33 heavy (non-hydrogen) atoms. The number of hydrogen-bond acceptors (Lipinski definition) is 3. The average molecular weight is 459 g/mol. The monoisotopic (exact) mass is 458 g/mol. The van der Waals surface area contributed by atoms with Gasteiger partial charge in [0.25, 0.3) is 0 Å². The van der Waals surface area contributed by atoms with E-state index in [1.54, 1.807) is 5.57 Å². The zero-order chi connectivity index (χ0) is 24.0. The van der Waals surface area contributed by atoms with Gasteiger partial charge in [0, 0.05) is 5.41 Å². The van der Waals surface area contributed by atoms with Crippen LogP contribution in [0, 0.1) is 50.7 Å². The molecule has 3 heteroatoms. The van der Waals surface area contributed by atoms with Crippen LogP contribution >= 0.6 is 0 Å². The van der Waals surface area contributed by atoms with E-state index in [1.807, 2.05) is 0 Å². The lowest BCUT2D eigenvalue weighted by atomic mass is 9.42. The van der Waals surface area contributed by atoms with Gasteiger partial charge in [-0.05, 0) is 110 Å². The lowest BCUT2D eigenvalue weighted by Crippen LogP contribution is -2.60. The lowest BCUT2D eigenvalue weighted by Gasteiger charge is -2.64. The third kappa shape index (κ3) is 3.17. The Balaban J connectivity index is 1.50. The molecule has 0 amide bonds. The number of aliphatic hydroxyl groups excluding tert-OH is 3. The quantitative estimate of drug-likeness (QED) is 0.415. The Morgan fingerprint density at radius 1 is 0.758 bits per heavy atom. The summed E-state index contributed by atoms with van der Waals surface area (Å²) >= 11 is 0. The molecule has 0 radical (unpaired) electrons. The van der Waals surface area contributed by atoms with Crippen molar-refractivity contribution in [2.75, 3.05) is 6.61 Å². The summed E-state index contributed by atoms with van der Waals surface area (Å²) < 4.78 is 0. The van der Waals surface area contributed by atoms with Crippen LogP contribution in [-0.4, -0.2) is 34.1 Å². The second-order valence-corrected chi connectivity index (χ2v) is 14.8. The summed E-state index contributed by atoms with van der Waals surface area (Å²) in [6, 6.07) is 0. The first kappa shape index (κ1) is 24.3. The van der Waals surface area contributed by atoms with Crippen LogP contribution in [-0.2, 0) is 0 Å². The van der Waals surface area contributed by atoms with Crippen LogP contribution in [0.25, 0.3) is 0 Å². The molecule has 4 saturated carbocycles. The summed E-state index contributed by atoms with van der Waals surface area (Å²) in [6.45, 7) is 14.5. The fourth-order valence-electron chi connectivity index (χ4n) is 11.0. The molecule has 5 aliphatic rings. The summed E-state index contributed by atoms with van der Waals surface area (Å²) in [5.74, 6) is 2.25. The van der Waals surface area contributed by atoms with E-state index < -0.39 is 0 Å². The van der Waals surface area contributed by atoms with Crippen molar-refractivity contribution < 1.29 is 15.3 Å². The van der Waals surface area contributed by atoms with Crippen molar-refractivity contribution in [1.82, 2.24) is 0 Å². The summed E-state index contributed by atoms with van der Waals surface area (Å²) in [4.78, 5) is 0. The minimum Gasteiger partial charge on any atom is -0.396 e. The van der Waals surface area contributed by atoms with Crippen LogP contribution in [0.5, 0.6) is 0 Å². The Morgan fingerprint density at radius 2 is 1.42 bits per heavy atom. The van der Waals surface area contributed by atoms with Crippen LogP contribution in [0.4, 0.5) is 0 Å². The molecule has 0 aromatic carbocycles. The molecule has 188 valence electrons. The fraction of sp³-hybridized carbons (Fsp3) is 0.933. The second-order valence-electron chi connectivity index (χ2n) is 14.8. The van der Waals surface area contributed by atoms with Gasteiger partial charge in [0.2, 0.25) is 0 Å². The molecule has 0 bridgehead atoms. The van der Waals surface area contributed by atoms with Crippen LogP contribution in [0.3, 0.4) is 0 Å². The van der Waals surface area contributed by atoms with Gasteiger partial charge in [-0.3, -0.25) is 0 Å². The van der Waals surface area contributed by atoms with E-state index >= 15 is 0 Å². The molecule has 4 fully saturated rings. The Kier molecular flexibility index (Phi) is 5.57. The maximum Gasteiger partial charge on any atom is 0.0618 e. The summed E-state index contributed by atoms with van der Waals surface area (Å²) in [5, 5.41) is 32.2. The van der Waals surface area contributed by atoms with Crippen LogP contribution in [0.1, 0.15) is 106 Å². The molecule has 0 heterocycles. The van der Waals surface area contributed by atoms with Crippen molar-refractivity contribution in [2.24, 2.45) is 50.7 Å². The van der Waals surface area contributed by atoms with Gasteiger partial charge in [-0.2, -0.15) is 0 Å². The zero-order valence-electron chi connectivity index (χ0n) is 22.2. The van der Waals surface area contributed by atoms with Crippen molar-refractivity contribution in [3.8, 4) is 0 Å². The maximum atomic E-state index is 10.9. The molecule has 0 aromatic rings. The maximum absolute atomic E-state index is 10.9. The SMILES string of the molecule is CC1(C)C(O)CCC2(C)[C@H]3CCC4[C@@](C)(CCC5[C@]4(C)CC[C@H](O)[C@]5(C)CO)CC3=CC[C@@H]12. The Morgan fingerprint density at radius 3 is 2.12 bits per heavy atom. The smallest absolute Gasteiger partial charge is 0.0618 e. The number of rotatable bonds is 1. The fourth-order valence-corrected chi connectivity index (χ4v) is 11.0. The number of allylic oxidation sites excluding steroid dienone is 2. The molecule has 0 spiro atoms. The third-order valence-corrected chi connectivity index (χ3v) is 13.0. The molecular weight excluding hydrogens is 408 g/mol. The second kappa shape index (κ2) is 7.56.